The molecule has 3 aliphatic rings. The molecule has 1 aliphatic carbocycles. The van der Waals surface area contributed by atoms with Gasteiger partial charge in [-0.15, -0.1) is 11.3 Å². The van der Waals surface area contributed by atoms with Gasteiger partial charge in [-0.2, -0.15) is 0 Å². The van der Waals surface area contributed by atoms with Crippen LogP contribution in [0.2, 0.25) is 0 Å². The number of furan rings is 1. The summed E-state index contributed by atoms with van der Waals surface area (Å²) in [4.78, 5) is 7.83. The van der Waals surface area contributed by atoms with Crippen LogP contribution in [0.4, 0.5) is 39.8 Å². The number of thiophene rings is 1. The van der Waals surface area contributed by atoms with Crippen molar-refractivity contribution in [2.45, 2.75) is 131 Å². The number of rotatable bonds is 7. The van der Waals surface area contributed by atoms with E-state index in [-0.39, 0.29) is 33.9 Å². The molecule has 436 valence electrons. The van der Waals surface area contributed by atoms with Crippen molar-refractivity contribution in [1.29, 1.82) is 0 Å². The first-order valence-electron chi connectivity index (χ1n) is 31.6. The molecule has 4 heterocycles. The Morgan fingerprint density at radius 3 is 1.72 bits per heavy atom. The van der Waals surface area contributed by atoms with Crippen LogP contribution in [-0.2, 0) is 33.6 Å². The SMILES string of the molecule is CC(C)(C)c1ccc(N2B3c4cc5sccc5cc4N(Cc4ccc(C(C)(C)C)cc4-c4ccccc4)c4cc5c(oc6ccccc65)c(c43)-c3cc4c(cc32)C(C)(C)c2cc(N(c3ccc(C(C)(C)C)cc3)c3ccc(C(C)(C)C)cc3)ccc2-4)cc1. The molecule has 2 aliphatic heterocycles. The van der Waals surface area contributed by atoms with Gasteiger partial charge in [0.25, 0.3) is 0 Å². The van der Waals surface area contributed by atoms with Gasteiger partial charge in [-0.25, -0.2) is 0 Å². The molecule has 4 nitrogen and oxygen atoms in total. The second-order valence-corrected chi connectivity index (χ2v) is 30.8. The van der Waals surface area contributed by atoms with Crippen LogP contribution in [0, 0.1) is 0 Å². The quantitative estimate of drug-likeness (QED) is 0.148. The van der Waals surface area contributed by atoms with E-state index in [1.165, 1.54) is 110 Å². The van der Waals surface area contributed by atoms with Crippen LogP contribution in [0.3, 0.4) is 0 Å². The summed E-state index contributed by atoms with van der Waals surface area (Å²) >= 11 is 1.83. The van der Waals surface area contributed by atoms with Crippen LogP contribution in [0.15, 0.2) is 210 Å². The number of hydrogen-bond donors (Lipinski definition) is 0. The molecule has 10 aromatic carbocycles. The maximum Gasteiger partial charge on any atom is 0.333 e. The van der Waals surface area contributed by atoms with Crippen LogP contribution < -0.4 is 25.5 Å². The monoisotopic (exact) mass is 1160 g/mol. The lowest BCUT2D eigenvalue weighted by Gasteiger charge is -2.46. The van der Waals surface area contributed by atoms with Gasteiger partial charge in [0.05, 0.1) is 0 Å². The van der Waals surface area contributed by atoms with Gasteiger partial charge in [-0.05, 0) is 196 Å². The van der Waals surface area contributed by atoms with Crippen molar-refractivity contribution in [1.82, 2.24) is 0 Å². The highest BCUT2D eigenvalue weighted by Crippen LogP contribution is 2.57. The second kappa shape index (κ2) is 19.7. The second-order valence-electron chi connectivity index (χ2n) is 29.9. The molecule has 0 spiro atoms. The molecule has 0 saturated carbocycles. The predicted octanol–water partition coefficient (Wildman–Crippen LogP) is 22.0. The zero-order valence-electron chi connectivity index (χ0n) is 53.6. The highest BCUT2D eigenvalue weighted by Gasteiger charge is 2.48. The van der Waals surface area contributed by atoms with Crippen molar-refractivity contribution in [2.75, 3.05) is 14.6 Å². The van der Waals surface area contributed by atoms with E-state index in [1.807, 2.05) is 11.3 Å². The molecule has 0 unspecified atom stereocenters. The lowest BCUT2D eigenvalue weighted by atomic mass is 9.43. The Morgan fingerprint density at radius 2 is 1.07 bits per heavy atom. The summed E-state index contributed by atoms with van der Waals surface area (Å²) in [5.74, 6) is 0. The molecule has 6 heteroatoms. The number of para-hydroxylation sites is 1. The summed E-state index contributed by atoms with van der Waals surface area (Å²) in [6, 6.07) is 77.1. The number of hydrogen-bond acceptors (Lipinski definition) is 5. The van der Waals surface area contributed by atoms with E-state index in [9.17, 15) is 0 Å². The Balaban J connectivity index is 0.992. The summed E-state index contributed by atoms with van der Waals surface area (Å²) in [5.41, 5.74) is 28.8. The fraction of sp³-hybridized carbons (Fsp3) is 0.244. The highest BCUT2D eigenvalue weighted by atomic mass is 32.1. The first-order valence-corrected chi connectivity index (χ1v) is 32.5. The standard InChI is InChI=1S/C82H78BN3OS/c1-78(2,3)53-26-32-57(33-27-53)85(58-34-28-54(29-35-58)79(4,5)6)60-38-39-61-64-45-66-70(47-68(64)82(13,14)67(61)44-60)86(59-36-30-55(31-37-59)80(7,8)9)83-69-48-74-51(40-41-88-74)42-71(69)84(72-46-65-62-22-18-19-23-73(62)87-77(65)75(66)76(72)83)49-52-24-25-56(81(10,11)12)43-63(52)50-20-16-15-17-21-50/h15-48H,49H2,1-14H3. The minimum atomic E-state index is -0.366. The van der Waals surface area contributed by atoms with Gasteiger partial charge in [0.15, 0.2) is 0 Å². The third-order valence-electron chi connectivity index (χ3n) is 19.6. The van der Waals surface area contributed by atoms with E-state index in [4.69, 9.17) is 4.42 Å². The van der Waals surface area contributed by atoms with Crippen molar-refractivity contribution < 1.29 is 4.42 Å². The van der Waals surface area contributed by atoms with Gasteiger partial charge in [0.1, 0.15) is 11.2 Å². The van der Waals surface area contributed by atoms with Gasteiger partial charge >= 0.3 is 6.85 Å². The number of nitrogens with zero attached hydrogens (tertiary/aromatic N) is 3. The average molecular weight is 1160 g/mol. The lowest BCUT2D eigenvalue weighted by Crippen LogP contribution is -2.62. The summed E-state index contributed by atoms with van der Waals surface area (Å²) in [6.07, 6.45) is 0. The zero-order valence-corrected chi connectivity index (χ0v) is 54.4. The van der Waals surface area contributed by atoms with Gasteiger partial charge in [-0.1, -0.05) is 206 Å². The summed E-state index contributed by atoms with van der Waals surface area (Å²) in [7, 11) is 0. The van der Waals surface area contributed by atoms with Crippen LogP contribution in [-0.4, -0.2) is 6.85 Å². The molecule has 0 amide bonds. The lowest BCUT2D eigenvalue weighted by molar-refractivity contribution is 0.590. The maximum absolute atomic E-state index is 7.36. The molecule has 0 N–H and O–H groups in total. The van der Waals surface area contributed by atoms with E-state index in [2.05, 4.69) is 317 Å². The molecule has 0 fully saturated rings. The predicted molar refractivity (Wildman–Crippen MR) is 379 cm³/mol. The highest BCUT2D eigenvalue weighted by molar-refractivity contribution is 7.17. The molecular weight excluding hydrogens is 1090 g/mol. The smallest absolute Gasteiger partial charge is 0.333 e. The van der Waals surface area contributed by atoms with Crippen molar-refractivity contribution in [3.8, 4) is 33.4 Å². The third kappa shape index (κ3) is 8.98. The maximum atomic E-state index is 7.36. The Hall–Kier alpha value is -8.58. The van der Waals surface area contributed by atoms with Crippen LogP contribution >= 0.6 is 11.3 Å². The van der Waals surface area contributed by atoms with Gasteiger partial charge in [0.2, 0.25) is 0 Å². The molecular formula is C82H78BN3OS. The number of benzene rings is 10. The van der Waals surface area contributed by atoms with Crippen molar-refractivity contribution in [2.24, 2.45) is 0 Å². The van der Waals surface area contributed by atoms with Gasteiger partial charge in [0, 0.05) is 78.4 Å². The Morgan fingerprint density at radius 1 is 0.477 bits per heavy atom. The normalized spacial score (nSPS) is 14.3. The van der Waals surface area contributed by atoms with Crippen molar-refractivity contribution in [3.05, 3.63) is 245 Å². The average Bonchev–Trinajstić information content (AvgIpc) is 1.21. The zero-order chi connectivity index (χ0) is 61.1. The Labute approximate surface area is 525 Å². The topological polar surface area (TPSA) is 22.9 Å². The van der Waals surface area contributed by atoms with Gasteiger partial charge in [-0.3, -0.25) is 0 Å². The molecule has 0 bridgehead atoms. The number of fused-ring (bicyclic) bond motifs is 12. The Bertz CT molecular complexity index is 4710. The molecule has 15 rings (SSSR count). The fourth-order valence-corrected chi connectivity index (χ4v) is 15.4. The molecule has 12 aromatic rings. The molecule has 0 radical (unpaired) electrons. The first kappa shape index (κ1) is 56.0. The van der Waals surface area contributed by atoms with Crippen molar-refractivity contribution >= 4 is 101 Å². The van der Waals surface area contributed by atoms with E-state index in [1.54, 1.807) is 0 Å². The van der Waals surface area contributed by atoms with E-state index in [0.29, 0.717) is 6.54 Å². The van der Waals surface area contributed by atoms with E-state index in [0.717, 1.165) is 44.7 Å². The van der Waals surface area contributed by atoms with E-state index < -0.39 is 0 Å². The van der Waals surface area contributed by atoms with Crippen LogP contribution in [0.5, 0.6) is 0 Å². The van der Waals surface area contributed by atoms with Crippen LogP contribution in [0.25, 0.3) is 65.4 Å². The van der Waals surface area contributed by atoms with E-state index >= 15 is 0 Å². The summed E-state index contributed by atoms with van der Waals surface area (Å²) in [5, 5.41) is 5.77. The fourth-order valence-electron chi connectivity index (χ4n) is 14.6. The first-order chi connectivity index (χ1) is 41.9. The number of anilines is 7. The van der Waals surface area contributed by atoms with Crippen LogP contribution in [0.1, 0.15) is 136 Å². The third-order valence-corrected chi connectivity index (χ3v) is 20.5. The molecule has 88 heavy (non-hydrogen) atoms. The minimum Gasteiger partial charge on any atom is -0.455 e. The minimum absolute atomic E-state index is 0.0196. The molecule has 0 saturated heterocycles. The largest absolute Gasteiger partial charge is 0.455 e. The van der Waals surface area contributed by atoms with Gasteiger partial charge < -0.3 is 19.0 Å². The molecule has 0 atom stereocenters. The summed E-state index contributed by atoms with van der Waals surface area (Å²) in [6.45, 7) is 33.0. The summed E-state index contributed by atoms with van der Waals surface area (Å²) < 4.78 is 8.65. The molecule has 2 aromatic heterocycles. The van der Waals surface area contributed by atoms with Crippen molar-refractivity contribution in [3.63, 3.8) is 0 Å². The Kier molecular flexibility index (Phi) is 12.5.